The van der Waals surface area contributed by atoms with E-state index in [0.717, 1.165) is 31.9 Å². The van der Waals surface area contributed by atoms with Crippen molar-refractivity contribution in [1.29, 1.82) is 0 Å². The molecule has 10 heteroatoms. The van der Waals surface area contributed by atoms with Crippen molar-refractivity contribution >= 4 is 40.0 Å². The summed E-state index contributed by atoms with van der Waals surface area (Å²) in [6.45, 7) is 10.2. The molecule has 8 nitrogen and oxygen atoms in total. The maximum atomic E-state index is 12.5. The summed E-state index contributed by atoms with van der Waals surface area (Å²) in [5, 5.41) is 7.01. The molecule has 1 fully saturated rings. The fourth-order valence-electron chi connectivity index (χ4n) is 2.88. The first-order chi connectivity index (χ1) is 12.4. The van der Waals surface area contributed by atoms with Crippen LogP contribution in [0.1, 0.15) is 39.3 Å². The van der Waals surface area contributed by atoms with Crippen LogP contribution < -0.4 is 5.32 Å². The first-order valence-electron chi connectivity index (χ1n) is 9.32. The Kier molecular flexibility index (Phi) is 10.6. The number of rotatable bonds is 8. The highest BCUT2D eigenvalue weighted by Crippen LogP contribution is 2.13. The number of nitrogens with one attached hydrogen (secondary N) is 1. The highest BCUT2D eigenvalue weighted by molar-refractivity contribution is 14.0. The Morgan fingerprint density at radius 2 is 2.04 bits per heavy atom. The van der Waals surface area contributed by atoms with Crippen molar-refractivity contribution in [2.75, 3.05) is 39.3 Å². The Morgan fingerprint density at radius 3 is 2.59 bits per heavy atom. The molecule has 2 rings (SSSR count). The lowest BCUT2D eigenvalue weighted by molar-refractivity contribution is 0.259. The number of halogens is 1. The fraction of sp³-hybridized carbons (Fsp3) is 0.765. The average molecular weight is 513 g/mol. The molecule has 0 atom stereocenters. The van der Waals surface area contributed by atoms with Crippen LogP contribution in [-0.2, 0) is 15.8 Å². The van der Waals surface area contributed by atoms with Crippen LogP contribution in [0.3, 0.4) is 0 Å². The lowest BCUT2D eigenvalue weighted by Gasteiger charge is -2.35. The smallest absolute Gasteiger partial charge is 0.220 e. The number of sulfonamides is 1. The standard InChI is InChI=1S/C17H31N5O3S.HI/c1-4-18-17(19-8-5-6-15(2)3)21-9-11-22(12-10-21)26(23,24)14-16-7-13-25-20-16;/h7,13,15H,4-6,8-12,14H2,1-3H3,(H,18,19);1H. The van der Waals surface area contributed by atoms with Crippen LogP contribution in [0.25, 0.3) is 0 Å². The molecule has 2 heterocycles. The highest BCUT2D eigenvalue weighted by Gasteiger charge is 2.28. The summed E-state index contributed by atoms with van der Waals surface area (Å²) in [6.07, 6.45) is 3.62. The molecule has 1 aliphatic heterocycles. The van der Waals surface area contributed by atoms with Crippen molar-refractivity contribution in [3.63, 3.8) is 0 Å². The summed E-state index contributed by atoms with van der Waals surface area (Å²) in [5.41, 5.74) is 0.437. The number of hydrogen-bond donors (Lipinski definition) is 1. The third kappa shape index (κ3) is 7.94. The Balaban J connectivity index is 0.00000364. The highest BCUT2D eigenvalue weighted by atomic mass is 127. The van der Waals surface area contributed by atoms with Crippen LogP contribution >= 0.6 is 24.0 Å². The molecule has 1 aromatic rings. The Bertz CT molecular complexity index is 656. The average Bonchev–Trinajstić information content (AvgIpc) is 3.10. The first kappa shape index (κ1) is 24.2. The second-order valence-corrected chi connectivity index (χ2v) is 8.87. The number of hydrogen-bond acceptors (Lipinski definition) is 5. The van der Waals surface area contributed by atoms with E-state index in [9.17, 15) is 8.42 Å². The molecular formula is C17H32IN5O3S. The molecule has 1 saturated heterocycles. The van der Waals surface area contributed by atoms with E-state index in [4.69, 9.17) is 9.52 Å². The van der Waals surface area contributed by atoms with Crippen LogP contribution in [0.4, 0.5) is 0 Å². The third-order valence-corrected chi connectivity index (χ3v) is 6.10. The summed E-state index contributed by atoms with van der Waals surface area (Å²) in [4.78, 5) is 6.84. The Labute approximate surface area is 179 Å². The number of aromatic nitrogens is 1. The molecule has 0 unspecified atom stereocenters. The zero-order valence-corrected chi connectivity index (χ0v) is 19.6. The molecule has 0 radical (unpaired) electrons. The van der Waals surface area contributed by atoms with Crippen LogP contribution in [0.2, 0.25) is 0 Å². The predicted octanol–water partition coefficient (Wildman–Crippen LogP) is 2.14. The van der Waals surface area contributed by atoms with Gasteiger partial charge in [-0.3, -0.25) is 4.99 Å². The monoisotopic (exact) mass is 513 g/mol. The minimum atomic E-state index is -3.37. The Morgan fingerprint density at radius 1 is 1.33 bits per heavy atom. The van der Waals surface area contributed by atoms with Gasteiger partial charge in [-0.2, -0.15) is 4.31 Å². The van der Waals surface area contributed by atoms with Crippen molar-refractivity contribution < 1.29 is 12.9 Å². The van der Waals surface area contributed by atoms with Crippen molar-refractivity contribution in [2.24, 2.45) is 10.9 Å². The minimum Gasteiger partial charge on any atom is -0.364 e. The largest absolute Gasteiger partial charge is 0.364 e. The van der Waals surface area contributed by atoms with Gasteiger partial charge in [-0.1, -0.05) is 19.0 Å². The van der Waals surface area contributed by atoms with E-state index >= 15 is 0 Å². The molecule has 0 aromatic carbocycles. The van der Waals surface area contributed by atoms with Gasteiger partial charge < -0.3 is 14.7 Å². The molecule has 1 aromatic heterocycles. The van der Waals surface area contributed by atoms with Gasteiger partial charge in [-0.25, -0.2) is 8.42 Å². The molecule has 0 bridgehead atoms. The molecular weight excluding hydrogens is 481 g/mol. The summed E-state index contributed by atoms with van der Waals surface area (Å²) in [6, 6.07) is 1.58. The van der Waals surface area contributed by atoms with Crippen molar-refractivity contribution in [2.45, 2.75) is 39.4 Å². The van der Waals surface area contributed by atoms with Gasteiger partial charge in [0.2, 0.25) is 10.0 Å². The minimum absolute atomic E-state index is 0. The lowest BCUT2D eigenvalue weighted by Crippen LogP contribution is -2.53. The van der Waals surface area contributed by atoms with Crippen LogP contribution in [-0.4, -0.2) is 68.0 Å². The van der Waals surface area contributed by atoms with E-state index < -0.39 is 10.0 Å². The zero-order chi connectivity index (χ0) is 19.0. The van der Waals surface area contributed by atoms with Crippen molar-refractivity contribution in [3.8, 4) is 0 Å². The first-order valence-corrected chi connectivity index (χ1v) is 10.9. The van der Waals surface area contributed by atoms with Crippen molar-refractivity contribution in [3.05, 3.63) is 18.0 Å². The molecule has 27 heavy (non-hydrogen) atoms. The zero-order valence-electron chi connectivity index (χ0n) is 16.4. The van der Waals surface area contributed by atoms with E-state index in [2.05, 4.69) is 29.2 Å². The quantitative estimate of drug-likeness (QED) is 0.248. The van der Waals surface area contributed by atoms with Gasteiger partial charge in [-0.05, 0) is 25.7 Å². The van der Waals surface area contributed by atoms with E-state index in [-0.39, 0.29) is 29.7 Å². The van der Waals surface area contributed by atoms with E-state index in [0.29, 0.717) is 37.8 Å². The molecule has 0 aliphatic carbocycles. The van der Waals surface area contributed by atoms with Crippen LogP contribution in [0.15, 0.2) is 21.8 Å². The molecule has 156 valence electrons. The molecule has 0 saturated carbocycles. The number of piperazine rings is 1. The maximum Gasteiger partial charge on any atom is 0.220 e. The van der Waals surface area contributed by atoms with E-state index in [1.807, 2.05) is 6.92 Å². The molecule has 0 amide bonds. The SMILES string of the molecule is CCNC(=NCCCC(C)C)N1CCN(S(=O)(=O)Cc2ccon2)CC1.I. The van der Waals surface area contributed by atoms with Gasteiger partial charge in [-0.15, -0.1) is 24.0 Å². The third-order valence-electron chi connectivity index (χ3n) is 4.29. The molecule has 0 spiro atoms. The van der Waals surface area contributed by atoms with Gasteiger partial charge in [0.15, 0.2) is 5.96 Å². The van der Waals surface area contributed by atoms with Crippen LogP contribution in [0, 0.1) is 5.92 Å². The number of aliphatic imine (C=N–C) groups is 1. The predicted molar refractivity (Wildman–Crippen MR) is 118 cm³/mol. The van der Waals surface area contributed by atoms with Crippen molar-refractivity contribution in [1.82, 2.24) is 19.7 Å². The maximum absolute atomic E-state index is 12.5. The van der Waals surface area contributed by atoms with E-state index in [1.54, 1.807) is 6.07 Å². The summed E-state index contributed by atoms with van der Waals surface area (Å²) in [5.74, 6) is 1.45. The normalized spacial score (nSPS) is 16.4. The lowest BCUT2D eigenvalue weighted by atomic mass is 10.1. The topological polar surface area (TPSA) is 91.0 Å². The summed E-state index contributed by atoms with van der Waals surface area (Å²) in [7, 11) is -3.37. The van der Waals surface area contributed by atoms with Gasteiger partial charge in [0.05, 0.1) is 5.69 Å². The van der Waals surface area contributed by atoms with Gasteiger partial charge in [0.1, 0.15) is 12.0 Å². The van der Waals surface area contributed by atoms with Gasteiger partial charge >= 0.3 is 0 Å². The Hall–Kier alpha value is -0.880. The second-order valence-electron chi connectivity index (χ2n) is 6.90. The fourth-order valence-corrected chi connectivity index (χ4v) is 4.30. The van der Waals surface area contributed by atoms with Crippen LogP contribution in [0.5, 0.6) is 0 Å². The molecule has 1 N–H and O–H groups in total. The number of nitrogens with zero attached hydrogens (tertiary/aromatic N) is 4. The second kappa shape index (κ2) is 11.8. The van der Waals surface area contributed by atoms with Gasteiger partial charge in [0.25, 0.3) is 0 Å². The van der Waals surface area contributed by atoms with Gasteiger partial charge in [0, 0.05) is 45.3 Å². The summed E-state index contributed by atoms with van der Waals surface area (Å²) >= 11 is 0. The summed E-state index contributed by atoms with van der Waals surface area (Å²) < 4.78 is 31.3. The van der Waals surface area contributed by atoms with E-state index in [1.165, 1.54) is 10.6 Å². The molecule has 1 aliphatic rings. The number of guanidine groups is 1.